The van der Waals surface area contributed by atoms with Crippen molar-refractivity contribution in [3.8, 4) is 0 Å². The zero-order valence-electron chi connectivity index (χ0n) is 11.0. The second-order valence-electron chi connectivity index (χ2n) is 4.39. The van der Waals surface area contributed by atoms with Gasteiger partial charge in [-0.3, -0.25) is 4.79 Å². The molecule has 3 N–H and O–H groups in total. The van der Waals surface area contributed by atoms with Crippen LogP contribution in [0.3, 0.4) is 0 Å². The molecule has 0 heterocycles. The second-order valence-corrected chi connectivity index (χ2v) is 5.21. The third kappa shape index (κ3) is 5.67. The predicted octanol–water partition coefficient (Wildman–Crippen LogP) is 3.62. The highest BCUT2D eigenvalue weighted by Crippen LogP contribution is 2.24. The minimum absolute atomic E-state index is 0.361. The van der Waals surface area contributed by atoms with Gasteiger partial charge in [-0.25, -0.2) is 4.79 Å². The minimum Gasteiger partial charge on any atom is -0.481 e. The number of carboxylic acid groups (broad SMARTS) is 1. The van der Waals surface area contributed by atoms with Crippen molar-refractivity contribution < 1.29 is 14.7 Å². The van der Waals surface area contributed by atoms with E-state index in [-0.39, 0.29) is 6.03 Å². The monoisotopic (exact) mass is 318 g/mol. The van der Waals surface area contributed by atoms with Gasteiger partial charge in [-0.15, -0.1) is 0 Å². The van der Waals surface area contributed by atoms with E-state index >= 15 is 0 Å². The van der Waals surface area contributed by atoms with E-state index in [4.69, 9.17) is 28.3 Å². The Morgan fingerprint density at radius 1 is 1.30 bits per heavy atom. The van der Waals surface area contributed by atoms with Gasteiger partial charge in [0.05, 0.1) is 16.0 Å². The van der Waals surface area contributed by atoms with E-state index in [1.807, 2.05) is 0 Å². The number of nitrogens with one attached hydrogen (secondary N) is 2. The van der Waals surface area contributed by atoms with Gasteiger partial charge < -0.3 is 15.7 Å². The van der Waals surface area contributed by atoms with E-state index in [1.165, 1.54) is 0 Å². The van der Waals surface area contributed by atoms with Gasteiger partial charge in [0.1, 0.15) is 0 Å². The van der Waals surface area contributed by atoms with Crippen molar-refractivity contribution in [3.63, 3.8) is 0 Å². The summed E-state index contributed by atoms with van der Waals surface area (Å²) in [7, 11) is 0. The second kappa shape index (κ2) is 7.97. The molecule has 0 aliphatic heterocycles. The number of carboxylic acids is 1. The van der Waals surface area contributed by atoms with Crippen LogP contribution in [0.2, 0.25) is 10.0 Å². The Labute approximate surface area is 127 Å². The molecule has 0 aromatic heterocycles. The maximum atomic E-state index is 11.6. The van der Waals surface area contributed by atoms with Gasteiger partial charge in [0.25, 0.3) is 0 Å². The zero-order chi connectivity index (χ0) is 15.1. The highest BCUT2D eigenvalue weighted by atomic mass is 35.5. The molecule has 7 heteroatoms. The van der Waals surface area contributed by atoms with Crippen LogP contribution in [0.1, 0.15) is 19.8 Å². The van der Waals surface area contributed by atoms with Gasteiger partial charge in [-0.05, 0) is 31.0 Å². The van der Waals surface area contributed by atoms with Crippen LogP contribution in [-0.2, 0) is 4.79 Å². The Morgan fingerprint density at radius 2 is 2.00 bits per heavy atom. The van der Waals surface area contributed by atoms with Crippen LogP contribution in [-0.4, -0.2) is 23.7 Å². The van der Waals surface area contributed by atoms with Crippen molar-refractivity contribution in [3.05, 3.63) is 28.2 Å². The molecule has 5 nitrogen and oxygen atoms in total. The molecule has 1 rings (SSSR count). The van der Waals surface area contributed by atoms with E-state index in [0.717, 1.165) is 0 Å². The summed E-state index contributed by atoms with van der Waals surface area (Å²) in [6.07, 6.45) is 1.12. The first-order valence-corrected chi connectivity index (χ1v) is 6.88. The fourth-order valence-electron chi connectivity index (χ4n) is 1.48. The van der Waals surface area contributed by atoms with Crippen molar-refractivity contribution >= 4 is 40.9 Å². The van der Waals surface area contributed by atoms with Crippen LogP contribution >= 0.6 is 23.2 Å². The number of benzene rings is 1. The summed E-state index contributed by atoms with van der Waals surface area (Å²) >= 11 is 11.6. The lowest BCUT2D eigenvalue weighted by molar-refractivity contribution is -0.141. The number of rotatable bonds is 6. The molecule has 0 saturated carbocycles. The number of carbonyl (C=O) groups is 2. The zero-order valence-corrected chi connectivity index (χ0v) is 12.5. The van der Waals surface area contributed by atoms with Crippen LogP contribution < -0.4 is 10.6 Å². The molecule has 0 radical (unpaired) electrons. The smallest absolute Gasteiger partial charge is 0.319 e. The van der Waals surface area contributed by atoms with E-state index in [9.17, 15) is 9.59 Å². The molecule has 1 aromatic rings. The topological polar surface area (TPSA) is 78.4 Å². The largest absolute Gasteiger partial charge is 0.481 e. The molecule has 110 valence electrons. The fraction of sp³-hybridized carbons (Fsp3) is 0.385. The third-order valence-electron chi connectivity index (χ3n) is 2.70. The molecule has 0 aliphatic carbocycles. The summed E-state index contributed by atoms with van der Waals surface area (Å²) in [5.74, 6) is -1.24. The minimum atomic E-state index is -0.828. The number of aliphatic carboxylic acids is 1. The number of amides is 2. The summed E-state index contributed by atoms with van der Waals surface area (Å²) in [5, 5.41) is 14.7. The maximum Gasteiger partial charge on any atom is 0.319 e. The standard InChI is InChI=1S/C13H16Cl2N2O3/c1-8(12(18)19)3-2-6-16-13(20)17-9-4-5-10(14)11(15)7-9/h4-5,7-8H,2-3,6H2,1H3,(H,18,19)(H2,16,17,20). The number of hydrogen-bond acceptors (Lipinski definition) is 2. The molecule has 0 saturated heterocycles. The van der Waals surface area contributed by atoms with Gasteiger partial charge >= 0.3 is 12.0 Å². The summed E-state index contributed by atoms with van der Waals surface area (Å²) < 4.78 is 0. The number of carbonyl (C=O) groups excluding carboxylic acids is 1. The quantitative estimate of drug-likeness (QED) is 0.701. The van der Waals surface area contributed by atoms with Crippen molar-refractivity contribution in [1.29, 1.82) is 0 Å². The van der Waals surface area contributed by atoms with E-state index in [0.29, 0.717) is 35.1 Å². The Morgan fingerprint density at radius 3 is 2.60 bits per heavy atom. The SMILES string of the molecule is CC(CCCNC(=O)Nc1ccc(Cl)c(Cl)c1)C(=O)O. The van der Waals surface area contributed by atoms with Gasteiger partial charge in [0.15, 0.2) is 0 Å². The average Bonchev–Trinajstić information content (AvgIpc) is 2.38. The average molecular weight is 319 g/mol. The lowest BCUT2D eigenvalue weighted by atomic mass is 10.1. The van der Waals surface area contributed by atoms with Crippen LogP contribution in [0.15, 0.2) is 18.2 Å². The van der Waals surface area contributed by atoms with Crippen LogP contribution in [0.4, 0.5) is 10.5 Å². The molecular weight excluding hydrogens is 303 g/mol. The molecule has 0 bridgehead atoms. The maximum absolute atomic E-state index is 11.6. The molecule has 1 aromatic carbocycles. The molecular formula is C13H16Cl2N2O3. The van der Waals surface area contributed by atoms with Crippen molar-refractivity contribution in [2.75, 3.05) is 11.9 Å². The highest BCUT2D eigenvalue weighted by molar-refractivity contribution is 6.42. The Kier molecular flexibility index (Phi) is 6.61. The first-order chi connectivity index (χ1) is 9.40. The molecule has 0 aliphatic rings. The molecule has 0 spiro atoms. The number of halogens is 2. The summed E-state index contributed by atoms with van der Waals surface area (Å²) in [6, 6.07) is 4.41. The predicted molar refractivity (Wildman–Crippen MR) is 79.5 cm³/mol. The first-order valence-electron chi connectivity index (χ1n) is 6.13. The highest BCUT2D eigenvalue weighted by Gasteiger charge is 2.10. The third-order valence-corrected chi connectivity index (χ3v) is 3.44. The van der Waals surface area contributed by atoms with Gasteiger partial charge in [0, 0.05) is 12.2 Å². The summed E-state index contributed by atoms with van der Waals surface area (Å²) in [4.78, 5) is 22.2. The van der Waals surface area contributed by atoms with Crippen LogP contribution in [0.25, 0.3) is 0 Å². The number of hydrogen-bond donors (Lipinski definition) is 3. The Bertz CT molecular complexity index is 495. The van der Waals surface area contributed by atoms with Crippen LogP contribution in [0.5, 0.6) is 0 Å². The normalized spacial score (nSPS) is 11.8. The van der Waals surface area contributed by atoms with Crippen molar-refractivity contribution in [1.82, 2.24) is 5.32 Å². The van der Waals surface area contributed by atoms with Gasteiger partial charge in [-0.1, -0.05) is 30.1 Å². The van der Waals surface area contributed by atoms with Gasteiger partial charge in [0.2, 0.25) is 0 Å². The van der Waals surface area contributed by atoms with E-state index < -0.39 is 11.9 Å². The van der Waals surface area contributed by atoms with Crippen molar-refractivity contribution in [2.45, 2.75) is 19.8 Å². The molecule has 1 unspecified atom stereocenters. The summed E-state index contributed by atoms with van der Waals surface area (Å²) in [5.41, 5.74) is 0.538. The van der Waals surface area contributed by atoms with Crippen LogP contribution in [0, 0.1) is 5.92 Å². The Balaban J connectivity index is 2.30. The van der Waals surface area contributed by atoms with E-state index in [1.54, 1.807) is 25.1 Å². The lowest BCUT2D eigenvalue weighted by Crippen LogP contribution is -2.29. The molecule has 0 fully saturated rings. The molecule has 1 atom stereocenters. The van der Waals surface area contributed by atoms with Crippen molar-refractivity contribution in [2.24, 2.45) is 5.92 Å². The summed E-state index contributed by atoms with van der Waals surface area (Å²) in [6.45, 7) is 2.04. The molecule has 2 amide bonds. The van der Waals surface area contributed by atoms with E-state index in [2.05, 4.69) is 10.6 Å². The van der Waals surface area contributed by atoms with Gasteiger partial charge in [-0.2, -0.15) is 0 Å². The number of urea groups is 1. The molecule has 20 heavy (non-hydrogen) atoms. The Hall–Kier alpha value is -1.46. The lowest BCUT2D eigenvalue weighted by Gasteiger charge is -2.09. The number of anilines is 1. The fourth-order valence-corrected chi connectivity index (χ4v) is 1.78. The first kappa shape index (κ1) is 16.6.